The lowest BCUT2D eigenvalue weighted by Gasteiger charge is -2.24. The number of phenolic OH excluding ortho intramolecular Hbond substituents is 1. The molecule has 28 heavy (non-hydrogen) atoms. The van der Waals surface area contributed by atoms with Gasteiger partial charge >= 0.3 is 5.97 Å². The van der Waals surface area contributed by atoms with Crippen molar-refractivity contribution in [1.29, 1.82) is 0 Å². The molecule has 0 spiro atoms. The summed E-state index contributed by atoms with van der Waals surface area (Å²) in [5, 5.41) is 19.0. The fourth-order valence-corrected chi connectivity index (χ4v) is 3.87. The summed E-state index contributed by atoms with van der Waals surface area (Å²) >= 11 is -2.62. The molecule has 3 aromatic rings. The van der Waals surface area contributed by atoms with Crippen LogP contribution in [0.1, 0.15) is 32.5 Å². The number of furan rings is 1. The maximum Gasteiger partial charge on any atom is 0.341 e. The van der Waals surface area contributed by atoms with E-state index in [1.807, 2.05) is 0 Å². The van der Waals surface area contributed by atoms with E-state index in [0.717, 1.165) is 7.11 Å². The number of methoxy groups -OCH3 is 1. The van der Waals surface area contributed by atoms with Crippen LogP contribution in [0.3, 0.4) is 0 Å². The molecule has 7 nitrogen and oxygen atoms in total. The van der Waals surface area contributed by atoms with E-state index in [2.05, 4.69) is 0 Å². The topological polar surface area (TPSA) is 120 Å². The Morgan fingerprint density at radius 1 is 1.18 bits per heavy atom. The van der Waals surface area contributed by atoms with Crippen molar-refractivity contribution >= 4 is 17.0 Å². The number of aliphatic hydroxyl groups is 1. The minimum Gasteiger partial charge on any atom is -0.772 e. The lowest BCUT2D eigenvalue weighted by Crippen LogP contribution is -2.15. The second kappa shape index (κ2) is 8.39. The minimum absolute atomic E-state index is 0.0849. The van der Waals surface area contributed by atoms with Gasteiger partial charge in [0, 0.05) is 11.1 Å². The Bertz CT molecular complexity index is 1010. The maximum absolute atomic E-state index is 12.4. The van der Waals surface area contributed by atoms with Gasteiger partial charge in [0.1, 0.15) is 23.7 Å². The van der Waals surface area contributed by atoms with E-state index in [9.17, 15) is 23.8 Å². The summed E-state index contributed by atoms with van der Waals surface area (Å²) < 4.78 is 34.0. The number of rotatable bonds is 6. The lowest BCUT2D eigenvalue weighted by molar-refractivity contribution is 0.0596. The van der Waals surface area contributed by atoms with Crippen molar-refractivity contribution in [3.05, 3.63) is 77.2 Å². The predicted molar refractivity (Wildman–Crippen MR) is 100 cm³/mol. The number of aliphatic hydroxyl groups excluding tert-OH is 1. The summed E-state index contributed by atoms with van der Waals surface area (Å²) in [6, 6.07) is 12.8. The number of benzene rings is 2. The third kappa shape index (κ3) is 3.57. The molecular weight excluding hydrogens is 384 g/mol. The van der Waals surface area contributed by atoms with Crippen LogP contribution in [0.5, 0.6) is 5.75 Å². The minimum atomic E-state index is -2.62. The fraction of sp³-hybridized carbons (Fsp3) is 0.150. The van der Waals surface area contributed by atoms with Gasteiger partial charge in [-0.2, -0.15) is 0 Å². The first-order valence-electron chi connectivity index (χ1n) is 8.24. The molecule has 0 aliphatic carbocycles. The third-order valence-corrected chi connectivity index (χ3v) is 5.27. The summed E-state index contributed by atoms with van der Waals surface area (Å²) in [4.78, 5) is 12.4. The number of carbonyl (C=O) groups is 1. The Hall–Kier alpha value is -2.94. The van der Waals surface area contributed by atoms with E-state index in [0.29, 0.717) is 11.1 Å². The Morgan fingerprint density at radius 3 is 2.50 bits per heavy atom. The summed E-state index contributed by atoms with van der Waals surface area (Å²) in [6.45, 7) is -0.408. The van der Waals surface area contributed by atoms with Gasteiger partial charge in [0.2, 0.25) is 0 Å². The monoisotopic (exact) mass is 401 g/mol. The van der Waals surface area contributed by atoms with Gasteiger partial charge in [-0.1, -0.05) is 42.5 Å². The van der Waals surface area contributed by atoms with Crippen molar-refractivity contribution < 1.29 is 32.9 Å². The number of phenols is 1. The molecule has 2 atom stereocenters. The van der Waals surface area contributed by atoms with Crippen LogP contribution < -0.4 is 0 Å². The van der Waals surface area contributed by atoms with Crippen LogP contribution >= 0.6 is 0 Å². The van der Waals surface area contributed by atoms with Gasteiger partial charge in [-0.25, -0.2) is 4.79 Å². The molecule has 2 aromatic carbocycles. The second-order valence-corrected chi connectivity index (χ2v) is 6.88. The maximum atomic E-state index is 12.4. The largest absolute Gasteiger partial charge is 0.772 e. The molecule has 0 amide bonds. The summed E-state index contributed by atoms with van der Waals surface area (Å²) in [5.41, 5.74) is 0.860. The summed E-state index contributed by atoms with van der Waals surface area (Å²) in [7, 11) is 1.14. The molecule has 1 heterocycles. The van der Waals surface area contributed by atoms with E-state index in [1.165, 1.54) is 24.5 Å². The first-order valence-corrected chi connectivity index (χ1v) is 9.38. The predicted octanol–water partition coefficient (Wildman–Crippen LogP) is 2.90. The van der Waals surface area contributed by atoms with Crippen LogP contribution in [-0.2, 0) is 22.4 Å². The molecule has 0 bridgehead atoms. The van der Waals surface area contributed by atoms with E-state index < -0.39 is 34.7 Å². The van der Waals surface area contributed by atoms with Crippen LogP contribution in [0.25, 0.3) is 11.1 Å². The normalized spacial score (nSPS) is 13.1. The van der Waals surface area contributed by atoms with Crippen molar-refractivity contribution in [1.82, 2.24) is 0 Å². The molecule has 2 N–H and O–H groups in total. The smallest absolute Gasteiger partial charge is 0.341 e. The molecule has 1 aromatic heterocycles. The van der Waals surface area contributed by atoms with Gasteiger partial charge < -0.3 is 23.9 Å². The van der Waals surface area contributed by atoms with E-state index in [4.69, 9.17) is 9.15 Å². The molecule has 0 aliphatic rings. The number of esters is 1. The van der Waals surface area contributed by atoms with Gasteiger partial charge in [-0.15, -0.1) is 0 Å². The molecule has 0 saturated heterocycles. The Kier molecular flexibility index (Phi) is 5.93. The van der Waals surface area contributed by atoms with Crippen molar-refractivity contribution in [2.75, 3.05) is 7.11 Å². The first-order chi connectivity index (χ1) is 13.5. The number of hydrogen-bond donors (Lipinski definition) is 2. The second-order valence-electron chi connectivity index (χ2n) is 5.88. The van der Waals surface area contributed by atoms with E-state index >= 15 is 0 Å². The third-order valence-electron chi connectivity index (χ3n) is 4.36. The summed E-state index contributed by atoms with van der Waals surface area (Å²) in [5.74, 6) is -1.13. The van der Waals surface area contributed by atoms with Gasteiger partial charge in [-0.3, -0.25) is 4.21 Å². The highest BCUT2D eigenvalue weighted by atomic mass is 32.2. The van der Waals surface area contributed by atoms with Crippen molar-refractivity contribution in [2.45, 2.75) is 11.9 Å². The molecule has 146 valence electrons. The quantitative estimate of drug-likeness (QED) is 0.481. The van der Waals surface area contributed by atoms with Crippen LogP contribution in [0, 0.1) is 0 Å². The fourth-order valence-electron chi connectivity index (χ4n) is 3.08. The van der Waals surface area contributed by atoms with E-state index in [-0.39, 0.29) is 22.5 Å². The van der Waals surface area contributed by atoms with Crippen LogP contribution in [0.15, 0.2) is 59.2 Å². The van der Waals surface area contributed by atoms with E-state index in [1.54, 1.807) is 30.3 Å². The molecular formula is C20H17O7S-. The molecule has 8 heteroatoms. The average Bonchev–Trinajstić information content (AvgIpc) is 3.17. The highest BCUT2D eigenvalue weighted by molar-refractivity contribution is 7.79. The van der Waals surface area contributed by atoms with Crippen molar-refractivity contribution in [3.63, 3.8) is 0 Å². The Labute approximate surface area is 163 Å². The van der Waals surface area contributed by atoms with Gasteiger partial charge in [0.05, 0.1) is 18.6 Å². The molecule has 0 aliphatic heterocycles. The average molecular weight is 401 g/mol. The molecule has 0 fully saturated rings. The van der Waals surface area contributed by atoms with Gasteiger partial charge in [-0.05, 0) is 28.3 Å². The SMILES string of the molecule is COC(=O)c1c(C(c2ccccc2)S(=O)[O-])ccc(-c2ccoc2CO)c1O. The number of aromatic hydroxyl groups is 1. The Morgan fingerprint density at radius 2 is 1.89 bits per heavy atom. The van der Waals surface area contributed by atoms with Gasteiger partial charge in [0.25, 0.3) is 0 Å². The molecule has 2 unspecified atom stereocenters. The molecule has 3 rings (SSSR count). The number of ether oxygens (including phenoxy) is 1. The highest BCUT2D eigenvalue weighted by Gasteiger charge is 2.28. The highest BCUT2D eigenvalue weighted by Crippen LogP contribution is 2.41. The summed E-state index contributed by atoms with van der Waals surface area (Å²) in [6.07, 6.45) is 1.34. The van der Waals surface area contributed by atoms with Crippen LogP contribution in [-0.4, -0.2) is 32.1 Å². The zero-order valence-electron chi connectivity index (χ0n) is 14.8. The lowest BCUT2D eigenvalue weighted by atomic mass is 9.93. The molecule has 0 radical (unpaired) electrons. The molecule has 0 saturated carbocycles. The van der Waals surface area contributed by atoms with Crippen LogP contribution in [0.4, 0.5) is 0 Å². The first kappa shape index (κ1) is 19.8. The number of hydrogen-bond acceptors (Lipinski definition) is 7. The van der Waals surface area contributed by atoms with Crippen molar-refractivity contribution in [3.8, 4) is 16.9 Å². The Balaban J connectivity index is 2.26. The zero-order valence-corrected chi connectivity index (χ0v) is 15.6. The standard InChI is InChI=1S/C20H18O7S/c1-26-20(23)17-15(19(28(24)25)12-5-3-2-4-6-12)8-7-14(18(17)22)13-9-10-27-16(13)11-21/h2-10,19,21-22H,11H2,1H3,(H,24,25)/p-1. The zero-order chi connectivity index (χ0) is 20.3. The van der Waals surface area contributed by atoms with Gasteiger partial charge in [0.15, 0.2) is 0 Å². The van der Waals surface area contributed by atoms with Crippen LogP contribution in [0.2, 0.25) is 0 Å². The van der Waals surface area contributed by atoms with Crippen molar-refractivity contribution in [2.24, 2.45) is 0 Å². The number of carbonyl (C=O) groups excluding carboxylic acids is 1.